The molecule has 1 aliphatic heterocycles. The summed E-state index contributed by atoms with van der Waals surface area (Å²) in [4.78, 5) is 13.8. The Morgan fingerprint density at radius 2 is 2.17 bits per heavy atom. The Labute approximate surface area is 145 Å². The van der Waals surface area contributed by atoms with E-state index in [0.717, 1.165) is 12.0 Å². The summed E-state index contributed by atoms with van der Waals surface area (Å²) in [6.45, 7) is 8.95. The van der Waals surface area contributed by atoms with E-state index in [2.05, 4.69) is 21.2 Å². The van der Waals surface area contributed by atoms with Crippen LogP contribution in [0.25, 0.3) is 0 Å². The van der Waals surface area contributed by atoms with Crippen LogP contribution in [-0.4, -0.2) is 35.7 Å². The van der Waals surface area contributed by atoms with E-state index >= 15 is 0 Å². The Kier molecular flexibility index (Phi) is 5.68. The zero-order chi connectivity index (χ0) is 17.2. The fraction of sp³-hybridized carbons (Fsp3) is 0.588. The van der Waals surface area contributed by atoms with Gasteiger partial charge in [-0.15, -0.1) is 0 Å². The van der Waals surface area contributed by atoms with E-state index in [4.69, 9.17) is 4.74 Å². The average Bonchev–Trinajstić information content (AvgIpc) is 2.88. The Balaban J connectivity index is 1.89. The number of hydrogen-bond acceptors (Lipinski definition) is 3. The minimum Gasteiger partial charge on any atom is -0.444 e. The van der Waals surface area contributed by atoms with Gasteiger partial charge in [0.25, 0.3) is 0 Å². The van der Waals surface area contributed by atoms with Gasteiger partial charge in [0.2, 0.25) is 0 Å². The van der Waals surface area contributed by atoms with Crippen molar-refractivity contribution in [2.45, 2.75) is 51.8 Å². The first-order valence-corrected chi connectivity index (χ1v) is 8.64. The van der Waals surface area contributed by atoms with Crippen LogP contribution < -0.4 is 5.32 Å². The van der Waals surface area contributed by atoms with Gasteiger partial charge in [-0.3, -0.25) is 0 Å². The molecule has 0 aromatic heterocycles. The third kappa shape index (κ3) is 5.18. The van der Waals surface area contributed by atoms with Crippen LogP contribution in [0.2, 0.25) is 0 Å². The van der Waals surface area contributed by atoms with Gasteiger partial charge in [-0.2, -0.15) is 0 Å². The summed E-state index contributed by atoms with van der Waals surface area (Å²) >= 11 is 3.21. The van der Waals surface area contributed by atoms with Gasteiger partial charge in [-0.05, 0) is 67.7 Å². The van der Waals surface area contributed by atoms with Crippen LogP contribution in [0.1, 0.15) is 45.7 Å². The number of rotatable bonds is 3. The number of nitrogens with one attached hydrogen (secondary N) is 1. The van der Waals surface area contributed by atoms with Gasteiger partial charge in [0.15, 0.2) is 0 Å². The van der Waals surface area contributed by atoms with Gasteiger partial charge < -0.3 is 15.0 Å². The highest BCUT2D eigenvalue weighted by Gasteiger charge is 2.30. The first kappa shape index (κ1) is 18.2. The van der Waals surface area contributed by atoms with E-state index in [-0.39, 0.29) is 24.0 Å². The molecule has 0 saturated carbocycles. The van der Waals surface area contributed by atoms with Crippen LogP contribution in [0, 0.1) is 5.82 Å². The van der Waals surface area contributed by atoms with Crippen molar-refractivity contribution in [3.63, 3.8) is 0 Å². The second-order valence-electron chi connectivity index (χ2n) is 6.97. The Hall–Kier alpha value is -1.14. The van der Waals surface area contributed by atoms with Crippen molar-refractivity contribution in [2.75, 3.05) is 13.1 Å². The summed E-state index contributed by atoms with van der Waals surface area (Å²) in [6, 6.07) is 5.31. The van der Waals surface area contributed by atoms with Crippen LogP contribution in [0.15, 0.2) is 22.7 Å². The van der Waals surface area contributed by atoms with Gasteiger partial charge in [-0.1, -0.05) is 6.07 Å². The highest BCUT2D eigenvalue weighted by atomic mass is 79.9. The molecule has 23 heavy (non-hydrogen) atoms. The number of amides is 1. The fourth-order valence-electron chi connectivity index (χ4n) is 2.62. The molecule has 0 spiro atoms. The first-order chi connectivity index (χ1) is 10.7. The number of likely N-dealkylation sites (tertiary alicyclic amines) is 1. The van der Waals surface area contributed by atoms with Crippen molar-refractivity contribution in [3.8, 4) is 0 Å². The molecule has 1 heterocycles. The lowest BCUT2D eigenvalue weighted by molar-refractivity contribution is 0.0290. The van der Waals surface area contributed by atoms with Crippen molar-refractivity contribution in [2.24, 2.45) is 0 Å². The fourth-order valence-corrected chi connectivity index (χ4v) is 3.02. The van der Waals surface area contributed by atoms with E-state index in [9.17, 15) is 9.18 Å². The number of halogens is 2. The van der Waals surface area contributed by atoms with Crippen LogP contribution in [0.4, 0.5) is 9.18 Å². The van der Waals surface area contributed by atoms with Crippen molar-refractivity contribution in [1.82, 2.24) is 10.2 Å². The lowest BCUT2D eigenvalue weighted by Crippen LogP contribution is -2.39. The van der Waals surface area contributed by atoms with Gasteiger partial charge in [0, 0.05) is 25.2 Å². The molecule has 0 radical (unpaired) electrons. The van der Waals surface area contributed by atoms with Gasteiger partial charge in [0.05, 0.1) is 4.47 Å². The van der Waals surface area contributed by atoms with E-state index in [1.165, 1.54) is 6.07 Å². The first-order valence-electron chi connectivity index (χ1n) is 7.84. The summed E-state index contributed by atoms with van der Waals surface area (Å²) in [7, 11) is 0. The van der Waals surface area contributed by atoms with Crippen molar-refractivity contribution < 1.29 is 13.9 Å². The summed E-state index contributed by atoms with van der Waals surface area (Å²) < 4.78 is 19.2. The number of ether oxygens (including phenoxy) is 1. The second-order valence-corrected chi connectivity index (χ2v) is 7.83. The molecule has 1 aromatic rings. The number of carbonyl (C=O) groups is 1. The van der Waals surface area contributed by atoms with Crippen LogP contribution in [0.5, 0.6) is 0 Å². The minimum atomic E-state index is -0.476. The number of carbonyl (C=O) groups excluding carboxylic acids is 1. The summed E-state index contributed by atoms with van der Waals surface area (Å²) in [5.74, 6) is -0.266. The predicted octanol–water partition coefficient (Wildman–Crippen LogP) is 4.25. The second kappa shape index (κ2) is 7.18. The largest absolute Gasteiger partial charge is 0.444 e. The minimum absolute atomic E-state index is 0.0792. The molecule has 0 aliphatic carbocycles. The van der Waals surface area contributed by atoms with Crippen molar-refractivity contribution in [3.05, 3.63) is 34.1 Å². The number of nitrogens with zero attached hydrogens (tertiary/aromatic N) is 1. The average molecular weight is 387 g/mol. The maximum atomic E-state index is 13.3. The Morgan fingerprint density at radius 3 is 2.78 bits per heavy atom. The Morgan fingerprint density at radius 1 is 1.48 bits per heavy atom. The molecule has 1 saturated heterocycles. The smallest absolute Gasteiger partial charge is 0.410 e. The molecule has 1 aliphatic rings. The molecule has 4 nitrogen and oxygen atoms in total. The molecule has 1 N–H and O–H groups in total. The third-order valence-corrected chi connectivity index (χ3v) is 4.38. The lowest BCUT2D eigenvalue weighted by Gasteiger charge is -2.25. The summed E-state index contributed by atoms with van der Waals surface area (Å²) in [5.41, 5.74) is 0.532. The molecule has 6 heteroatoms. The summed E-state index contributed by atoms with van der Waals surface area (Å²) in [6.07, 6.45) is 0.616. The van der Waals surface area contributed by atoms with E-state index in [1.54, 1.807) is 17.0 Å². The molecule has 2 atom stereocenters. The monoisotopic (exact) mass is 386 g/mol. The topological polar surface area (TPSA) is 41.6 Å². The molecule has 1 aromatic carbocycles. The zero-order valence-electron chi connectivity index (χ0n) is 14.0. The highest BCUT2D eigenvalue weighted by Crippen LogP contribution is 2.23. The summed E-state index contributed by atoms with van der Waals surface area (Å²) in [5, 5.41) is 3.50. The molecule has 2 unspecified atom stereocenters. The molecule has 1 fully saturated rings. The van der Waals surface area contributed by atoms with Crippen LogP contribution in [-0.2, 0) is 4.74 Å². The van der Waals surface area contributed by atoms with Crippen LogP contribution >= 0.6 is 15.9 Å². The van der Waals surface area contributed by atoms with Crippen molar-refractivity contribution in [1.29, 1.82) is 0 Å². The highest BCUT2D eigenvalue weighted by molar-refractivity contribution is 9.10. The van der Waals surface area contributed by atoms with Gasteiger partial charge >= 0.3 is 6.09 Å². The van der Waals surface area contributed by atoms with Crippen molar-refractivity contribution >= 4 is 22.0 Å². The molecule has 1 amide bonds. The van der Waals surface area contributed by atoms with Gasteiger partial charge in [-0.25, -0.2) is 9.18 Å². The molecule has 0 bridgehead atoms. The quantitative estimate of drug-likeness (QED) is 0.843. The van der Waals surface area contributed by atoms with E-state index < -0.39 is 5.60 Å². The predicted molar refractivity (Wildman–Crippen MR) is 91.9 cm³/mol. The molecular formula is C17H24BrFN2O2. The zero-order valence-corrected chi connectivity index (χ0v) is 15.6. The van der Waals surface area contributed by atoms with Gasteiger partial charge in [0.1, 0.15) is 11.4 Å². The lowest BCUT2D eigenvalue weighted by atomic mass is 10.1. The molecule has 128 valence electrons. The van der Waals surface area contributed by atoms with Crippen LogP contribution in [0.3, 0.4) is 0 Å². The Bertz CT molecular complexity index is 574. The molecule has 2 rings (SSSR count). The molecular weight excluding hydrogens is 363 g/mol. The van der Waals surface area contributed by atoms with E-state index in [1.807, 2.05) is 27.7 Å². The van der Waals surface area contributed by atoms with E-state index in [0.29, 0.717) is 17.6 Å². The number of hydrogen-bond donors (Lipinski definition) is 1. The maximum absolute atomic E-state index is 13.3. The third-order valence-electron chi connectivity index (χ3n) is 3.77. The maximum Gasteiger partial charge on any atom is 0.410 e. The number of benzene rings is 1. The SMILES string of the molecule is CC(NC1CCN(C(=O)OC(C)(C)C)C1)c1ccc(F)c(Br)c1. The standard InChI is InChI=1S/C17H24BrFN2O2/c1-11(12-5-6-15(19)14(18)9-12)20-13-7-8-21(10-13)16(22)23-17(2,3)4/h5-6,9,11,13,20H,7-8,10H2,1-4H3. The normalized spacial score (nSPS) is 19.7.